The summed E-state index contributed by atoms with van der Waals surface area (Å²) in [5.41, 5.74) is 2.42. The quantitative estimate of drug-likeness (QED) is 0.772. The standard InChI is InChI=1S/C17H16N4O3S/c1-12-8-9-15(10-13(12)2)25(23,24)19-17(22)16-11-21(20-18-16)14-6-4-3-5-7-14/h3-11H,1-2H3,(H,19,22). The largest absolute Gasteiger partial charge is 0.287 e. The monoisotopic (exact) mass is 356 g/mol. The normalized spacial score (nSPS) is 11.3. The number of para-hydroxylation sites is 1. The summed E-state index contributed by atoms with van der Waals surface area (Å²) in [6.07, 6.45) is 1.38. The zero-order valence-corrected chi connectivity index (χ0v) is 14.5. The van der Waals surface area contributed by atoms with Crippen molar-refractivity contribution in [3.8, 4) is 5.69 Å². The van der Waals surface area contributed by atoms with Crippen LogP contribution in [-0.2, 0) is 10.0 Å². The van der Waals surface area contributed by atoms with Crippen molar-refractivity contribution in [2.45, 2.75) is 18.7 Å². The van der Waals surface area contributed by atoms with Crippen LogP contribution in [0.2, 0.25) is 0 Å². The van der Waals surface area contributed by atoms with E-state index >= 15 is 0 Å². The van der Waals surface area contributed by atoms with E-state index in [4.69, 9.17) is 0 Å². The second kappa shape index (κ2) is 6.48. The molecule has 0 aliphatic heterocycles. The SMILES string of the molecule is Cc1ccc(S(=O)(=O)NC(=O)c2cn(-c3ccccc3)nn2)cc1C. The van der Waals surface area contributed by atoms with Crippen molar-refractivity contribution in [2.75, 3.05) is 0 Å². The van der Waals surface area contributed by atoms with E-state index in [9.17, 15) is 13.2 Å². The number of hydrogen-bond acceptors (Lipinski definition) is 5. The van der Waals surface area contributed by atoms with Crippen molar-refractivity contribution >= 4 is 15.9 Å². The number of carbonyl (C=O) groups excluding carboxylic acids is 1. The fourth-order valence-corrected chi connectivity index (χ4v) is 3.23. The number of aryl methyl sites for hydroxylation is 2. The van der Waals surface area contributed by atoms with Gasteiger partial charge in [0, 0.05) is 0 Å². The maximum atomic E-state index is 12.4. The van der Waals surface area contributed by atoms with Crippen molar-refractivity contribution in [3.05, 3.63) is 71.5 Å². The van der Waals surface area contributed by atoms with E-state index in [1.54, 1.807) is 18.2 Å². The molecule has 0 aliphatic rings. The highest BCUT2D eigenvalue weighted by Gasteiger charge is 2.21. The van der Waals surface area contributed by atoms with Gasteiger partial charge in [0.25, 0.3) is 15.9 Å². The van der Waals surface area contributed by atoms with Gasteiger partial charge in [-0.25, -0.2) is 17.8 Å². The topological polar surface area (TPSA) is 94.0 Å². The highest BCUT2D eigenvalue weighted by atomic mass is 32.2. The van der Waals surface area contributed by atoms with E-state index in [1.165, 1.54) is 23.0 Å². The first-order valence-electron chi connectivity index (χ1n) is 7.49. The number of aromatic nitrogens is 3. The first-order valence-corrected chi connectivity index (χ1v) is 8.97. The molecular formula is C17H16N4O3S. The summed E-state index contributed by atoms with van der Waals surface area (Å²) in [6.45, 7) is 3.69. The van der Waals surface area contributed by atoms with Crippen molar-refractivity contribution < 1.29 is 13.2 Å². The molecule has 1 aromatic heterocycles. The van der Waals surface area contributed by atoms with E-state index in [1.807, 2.05) is 36.8 Å². The number of amides is 1. The van der Waals surface area contributed by atoms with Gasteiger partial charge >= 0.3 is 0 Å². The van der Waals surface area contributed by atoms with Crippen LogP contribution in [0, 0.1) is 13.8 Å². The predicted molar refractivity (Wildman–Crippen MR) is 91.9 cm³/mol. The van der Waals surface area contributed by atoms with Crippen LogP contribution >= 0.6 is 0 Å². The van der Waals surface area contributed by atoms with Gasteiger partial charge in [0.15, 0.2) is 5.69 Å². The lowest BCUT2D eigenvalue weighted by Crippen LogP contribution is -2.31. The molecule has 8 heteroatoms. The van der Waals surface area contributed by atoms with Crippen LogP contribution in [0.25, 0.3) is 5.69 Å². The van der Waals surface area contributed by atoms with Gasteiger partial charge in [-0.3, -0.25) is 4.79 Å². The lowest BCUT2D eigenvalue weighted by atomic mass is 10.1. The molecule has 0 saturated heterocycles. The van der Waals surface area contributed by atoms with E-state index in [-0.39, 0.29) is 10.6 Å². The molecule has 1 N–H and O–H groups in total. The van der Waals surface area contributed by atoms with Crippen molar-refractivity contribution in [3.63, 3.8) is 0 Å². The zero-order valence-electron chi connectivity index (χ0n) is 13.7. The molecule has 0 spiro atoms. The first kappa shape index (κ1) is 16.8. The van der Waals surface area contributed by atoms with Crippen LogP contribution in [0.1, 0.15) is 21.6 Å². The number of rotatable bonds is 4. The van der Waals surface area contributed by atoms with Gasteiger partial charge < -0.3 is 0 Å². The Bertz CT molecular complexity index is 1030. The van der Waals surface area contributed by atoms with Gasteiger partial charge in [-0.2, -0.15) is 0 Å². The average Bonchev–Trinajstić information content (AvgIpc) is 3.08. The van der Waals surface area contributed by atoms with Gasteiger partial charge in [0.1, 0.15) is 0 Å². The second-order valence-corrected chi connectivity index (χ2v) is 7.25. The number of sulfonamides is 1. The lowest BCUT2D eigenvalue weighted by Gasteiger charge is -2.07. The Morgan fingerprint density at radius 2 is 1.76 bits per heavy atom. The Morgan fingerprint density at radius 3 is 2.44 bits per heavy atom. The van der Waals surface area contributed by atoms with Crippen LogP contribution in [-0.4, -0.2) is 29.3 Å². The van der Waals surface area contributed by atoms with E-state index < -0.39 is 15.9 Å². The molecule has 0 atom stereocenters. The zero-order chi connectivity index (χ0) is 18.0. The number of carbonyl (C=O) groups is 1. The van der Waals surface area contributed by atoms with Crippen LogP contribution in [0.5, 0.6) is 0 Å². The fourth-order valence-electron chi connectivity index (χ4n) is 2.19. The number of benzene rings is 2. The molecule has 0 fully saturated rings. The molecule has 0 unspecified atom stereocenters. The Labute approximate surface area is 145 Å². The molecular weight excluding hydrogens is 340 g/mol. The van der Waals surface area contributed by atoms with Crippen LogP contribution in [0.15, 0.2) is 59.6 Å². The minimum atomic E-state index is -3.98. The molecule has 2 aromatic carbocycles. The minimum absolute atomic E-state index is 0.0272. The summed E-state index contributed by atoms with van der Waals surface area (Å²) in [5.74, 6) is -0.833. The molecule has 7 nitrogen and oxygen atoms in total. The fraction of sp³-hybridized carbons (Fsp3) is 0.118. The molecule has 1 heterocycles. The van der Waals surface area contributed by atoms with E-state index in [2.05, 4.69) is 10.3 Å². The van der Waals surface area contributed by atoms with Crippen molar-refractivity contribution in [1.29, 1.82) is 0 Å². The Kier molecular flexibility index (Phi) is 4.37. The van der Waals surface area contributed by atoms with Gasteiger partial charge in [0.05, 0.1) is 16.8 Å². The summed E-state index contributed by atoms with van der Waals surface area (Å²) < 4.78 is 28.2. The number of nitrogens with zero attached hydrogens (tertiary/aromatic N) is 3. The Balaban J connectivity index is 1.82. The molecule has 0 bridgehead atoms. The van der Waals surface area contributed by atoms with E-state index in [0.717, 1.165) is 11.1 Å². The Morgan fingerprint density at radius 1 is 1.04 bits per heavy atom. The Hall–Kier alpha value is -3.00. The highest BCUT2D eigenvalue weighted by molar-refractivity contribution is 7.90. The maximum Gasteiger partial charge on any atom is 0.287 e. The minimum Gasteiger partial charge on any atom is -0.266 e. The average molecular weight is 356 g/mol. The third kappa shape index (κ3) is 3.58. The number of hydrogen-bond donors (Lipinski definition) is 1. The first-order chi connectivity index (χ1) is 11.9. The third-order valence-electron chi connectivity index (χ3n) is 3.76. The maximum absolute atomic E-state index is 12.4. The molecule has 0 radical (unpaired) electrons. The second-order valence-electron chi connectivity index (χ2n) is 5.56. The molecule has 3 aromatic rings. The van der Waals surface area contributed by atoms with Crippen LogP contribution < -0.4 is 4.72 Å². The van der Waals surface area contributed by atoms with Gasteiger partial charge in [-0.05, 0) is 49.2 Å². The van der Waals surface area contributed by atoms with Gasteiger partial charge in [-0.1, -0.05) is 29.5 Å². The smallest absolute Gasteiger partial charge is 0.266 e. The summed E-state index contributed by atoms with van der Waals surface area (Å²) in [4.78, 5) is 12.3. The summed E-state index contributed by atoms with van der Waals surface area (Å²) in [5, 5.41) is 7.59. The summed E-state index contributed by atoms with van der Waals surface area (Å²) >= 11 is 0. The van der Waals surface area contributed by atoms with E-state index in [0.29, 0.717) is 5.69 Å². The van der Waals surface area contributed by atoms with Gasteiger partial charge in [-0.15, -0.1) is 5.10 Å². The molecule has 25 heavy (non-hydrogen) atoms. The molecule has 0 saturated carbocycles. The molecule has 3 rings (SSSR count). The molecule has 128 valence electrons. The summed E-state index contributed by atoms with van der Waals surface area (Å²) in [7, 11) is -3.98. The highest BCUT2D eigenvalue weighted by Crippen LogP contribution is 2.15. The van der Waals surface area contributed by atoms with Crippen molar-refractivity contribution in [2.24, 2.45) is 0 Å². The van der Waals surface area contributed by atoms with Crippen LogP contribution in [0.3, 0.4) is 0 Å². The molecule has 1 amide bonds. The third-order valence-corrected chi connectivity index (χ3v) is 5.09. The number of nitrogens with one attached hydrogen (secondary N) is 1. The molecule has 0 aliphatic carbocycles. The van der Waals surface area contributed by atoms with Crippen LogP contribution in [0.4, 0.5) is 0 Å². The van der Waals surface area contributed by atoms with Gasteiger partial charge in [0.2, 0.25) is 0 Å². The van der Waals surface area contributed by atoms with Crippen molar-refractivity contribution in [1.82, 2.24) is 19.7 Å². The predicted octanol–water partition coefficient (Wildman–Crippen LogP) is 2.00. The lowest BCUT2D eigenvalue weighted by molar-refractivity contribution is 0.0976. The summed E-state index contributed by atoms with van der Waals surface area (Å²) in [6, 6.07) is 13.8.